The monoisotopic (exact) mass is 277 g/mol. The Morgan fingerprint density at radius 1 is 1.35 bits per heavy atom. The highest BCUT2D eigenvalue weighted by molar-refractivity contribution is 5.89. The van der Waals surface area contributed by atoms with Gasteiger partial charge in [0.25, 0.3) is 0 Å². The number of aliphatic carboxylic acids is 1. The Bertz CT molecular complexity index is 469. The van der Waals surface area contributed by atoms with Crippen LogP contribution in [0.3, 0.4) is 0 Å². The van der Waals surface area contributed by atoms with Crippen LogP contribution in [0.2, 0.25) is 0 Å². The molecule has 20 heavy (non-hydrogen) atoms. The molecule has 0 aromatic carbocycles. The van der Waals surface area contributed by atoms with Gasteiger partial charge < -0.3 is 15.7 Å². The molecule has 3 N–H and O–H groups in total. The summed E-state index contributed by atoms with van der Waals surface area (Å²) in [5.74, 6) is -0.154. The van der Waals surface area contributed by atoms with Crippen molar-refractivity contribution in [2.45, 2.75) is 32.1 Å². The van der Waals surface area contributed by atoms with Gasteiger partial charge in [-0.25, -0.2) is 4.79 Å². The van der Waals surface area contributed by atoms with Crippen LogP contribution in [0.5, 0.6) is 0 Å². The number of carbonyl (C=O) groups is 2. The SMILES string of the molecule is O=C(O)Cc1ccc(NC(=O)NCCC2CCC2)cn1. The number of hydrogen-bond donors (Lipinski definition) is 3. The Morgan fingerprint density at radius 2 is 2.15 bits per heavy atom. The van der Waals surface area contributed by atoms with E-state index in [-0.39, 0.29) is 12.5 Å². The molecule has 1 aliphatic rings. The van der Waals surface area contributed by atoms with Gasteiger partial charge in [0.15, 0.2) is 0 Å². The zero-order valence-corrected chi connectivity index (χ0v) is 11.3. The Balaban J connectivity index is 1.71. The molecule has 1 aromatic rings. The summed E-state index contributed by atoms with van der Waals surface area (Å²) in [5, 5.41) is 14.1. The van der Waals surface area contributed by atoms with E-state index in [4.69, 9.17) is 5.11 Å². The molecule has 0 saturated heterocycles. The van der Waals surface area contributed by atoms with E-state index < -0.39 is 5.97 Å². The van der Waals surface area contributed by atoms with Crippen molar-refractivity contribution >= 4 is 17.7 Å². The molecule has 1 saturated carbocycles. The fourth-order valence-electron chi connectivity index (χ4n) is 2.10. The van der Waals surface area contributed by atoms with Crippen LogP contribution in [-0.4, -0.2) is 28.6 Å². The number of aromatic nitrogens is 1. The van der Waals surface area contributed by atoms with Crippen LogP contribution >= 0.6 is 0 Å². The third-order valence-corrected chi connectivity index (χ3v) is 3.48. The lowest BCUT2D eigenvalue weighted by molar-refractivity contribution is -0.136. The zero-order valence-electron chi connectivity index (χ0n) is 11.3. The van der Waals surface area contributed by atoms with Crippen LogP contribution < -0.4 is 10.6 Å². The summed E-state index contributed by atoms with van der Waals surface area (Å²) in [6.07, 6.45) is 6.24. The topological polar surface area (TPSA) is 91.3 Å². The van der Waals surface area contributed by atoms with E-state index in [1.54, 1.807) is 12.1 Å². The smallest absolute Gasteiger partial charge is 0.319 e. The van der Waals surface area contributed by atoms with E-state index in [0.717, 1.165) is 12.3 Å². The van der Waals surface area contributed by atoms with E-state index >= 15 is 0 Å². The number of nitrogens with one attached hydrogen (secondary N) is 2. The summed E-state index contributed by atoms with van der Waals surface area (Å²) < 4.78 is 0. The lowest BCUT2D eigenvalue weighted by atomic mass is 9.83. The Hall–Kier alpha value is -2.11. The molecular weight excluding hydrogens is 258 g/mol. The molecule has 6 nitrogen and oxygen atoms in total. The standard InChI is InChI=1S/C14H19N3O3/c18-13(19)8-11-4-5-12(9-16-11)17-14(20)15-7-6-10-2-1-3-10/h4-5,9-10H,1-3,6-8H2,(H,18,19)(H2,15,17,20). The van der Waals surface area contributed by atoms with Gasteiger partial charge in [-0.2, -0.15) is 0 Å². The van der Waals surface area contributed by atoms with Crippen LogP contribution in [-0.2, 0) is 11.2 Å². The van der Waals surface area contributed by atoms with E-state index in [9.17, 15) is 9.59 Å². The van der Waals surface area contributed by atoms with Crippen LogP contribution in [0.15, 0.2) is 18.3 Å². The van der Waals surface area contributed by atoms with E-state index in [1.807, 2.05) is 0 Å². The molecule has 1 aliphatic carbocycles. The van der Waals surface area contributed by atoms with Gasteiger partial charge in [0.2, 0.25) is 0 Å². The molecule has 2 rings (SSSR count). The maximum Gasteiger partial charge on any atom is 0.319 e. The summed E-state index contributed by atoms with van der Waals surface area (Å²) in [5.41, 5.74) is 1.02. The van der Waals surface area contributed by atoms with Crippen molar-refractivity contribution in [2.24, 2.45) is 5.92 Å². The van der Waals surface area contributed by atoms with E-state index in [0.29, 0.717) is 17.9 Å². The second-order valence-corrected chi connectivity index (χ2v) is 5.08. The van der Waals surface area contributed by atoms with Gasteiger partial charge in [-0.05, 0) is 24.5 Å². The van der Waals surface area contributed by atoms with Crippen molar-refractivity contribution in [3.63, 3.8) is 0 Å². The maximum absolute atomic E-state index is 11.6. The molecule has 6 heteroatoms. The summed E-state index contributed by atoms with van der Waals surface area (Å²) in [7, 11) is 0. The number of nitrogens with zero attached hydrogens (tertiary/aromatic N) is 1. The van der Waals surface area contributed by atoms with Crippen LogP contribution in [0.4, 0.5) is 10.5 Å². The molecule has 1 fully saturated rings. The highest BCUT2D eigenvalue weighted by atomic mass is 16.4. The van der Waals surface area contributed by atoms with Gasteiger partial charge in [0.1, 0.15) is 0 Å². The second kappa shape index (κ2) is 6.88. The first-order valence-corrected chi connectivity index (χ1v) is 6.85. The van der Waals surface area contributed by atoms with Crippen LogP contribution in [0, 0.1) is 5.92 Å². The van der Waals surface area contributed by atoms with Crippen LogP contribution in [0.25, 0.3) is 0 Å². The molecule has 108 valence electrons. The predicted octanol–water partition coefficient (Wildman–Crippen LogP) is 2.02. The van der Waals surface area contributed by atoms with Crippen molar-refractivity contribution in [3.8, 4) is 0 Å². The third-order valence-electron chi connectivity index (χ3n) is 3.48. The lowest BCUT2D eigenvalue weighted by Gasteiger charge is -2.25. The Kier molecular flexibility index (Phi) is 4.92. The predicted molar refractivity (Wildman–Crippen MR) is 74.6 cm³/mol. The first-order valence-electron chi connectivity index (χ1n) is 6.85. The maximum atomic E-state index is 11.6. The van der Waals surface area contributed by atoms with E-state index in [2.05, 4.69) is 15.6 Å². The minimum absolute atomic E-state index is 0.117. The summed E-state index contributed by atoms with van der Waals surface area (Å²) in [6.45, 7) is 0.682. The number of anilines is 1. The molecule has 1 heterocycles. The third kappa shape index (κ3) is 4.53. The quantitative estimate of drug-likeness (QED) is 0.742. The zero-order chi connectivity index (χ0) is 14.4. The van der Waals surface area contributed by atoms with Gasteiger partial charge in [0, 0.05) is 6.54 Å². The average Bonchev–Trinajstić information content (AvgIpc) is 2.34. The molecule has 0 spiro atoms. The number of carbonyl (C=O) groups excluding carboxylic acids is 1. The molecule has 2 amide bonds. The number of amides is 2. The van der Waals surface area contributed by atoms with Crippen molar-refractivity contribution in [1.82, 2.24) is 10.3 Å². The number of hydrogen-bond acceptors (Lipinski definition) is 3. The number of urea groups is 1. The lowest BCUT2D eigenvalue weighted by Crippen LogP contribution is -2.31. The first-order chi connectivity index (χ1) is 9.63. The largest absolute Gasteiger partial charge is 0.481 e. The fraction of sp³-hybridized carbons (Fsp3) is 0.500. The minimum Gasteiger partial charge on any atom is -0.481 e. The van der Waals surface area contributed by atoms with Gasteiger partial charge in [-0.1, -0.05) is 19.3 Å². The highest BCUT2D eigenvalue weighted by Gasteiger charge is 2.16. The molecule has 0 aliphatic heterocycles. The molecule has 0 unspecified atom stereocenters. The average molecular weight is 277 g/mol. The number of carboxylic acids is 1. The van der Waals surface area contributed by atoms with E-state index in [1.165, 1.54) is 25.5 Å². The Morgan fingerprint density at radius 3 is 2.70 bits per heavy atom. The summed E-state index contributed by atoms with van der Waals surface area (Å²) in [6, 6.07) is 2.99. The highest BCUT2D eigenvalue weighted by Crippen LogP contribution is 2.28. The fourth-order valence-corrected chi connectivity index (χ4v) is 2.10. The van der Waals surface area contributed by atoms with Crippen molar-refractivity contribution in [3.05, 3.63) is 24.0 Å². The van der Waals surface area contributed by atoms with Crippen LogP contribution in [0.1, 0.15) is 31.4 Å². The van der Waals surface area contributed by atoms with Gasteiger partial charge >= 0.3 is 12.0 Å². The first kappa shape index (κ1) is 14.3. The molecule has 1 aromatic heterocycles. The van der Waals surface area contributed by atoms with Gasteiger partial charge in [0.05, 0.1) is 24.0 Å². The van der Waals surface area contributed by atoms with Crippen molar-refractivity contribution in [1.29, 1.82) is 0 Å². The van der Waals surface area contributed by atoms with Gasteiger partial charge in [-0.15, -0.1) is 0 Å². The van der Waals surface area contributed by atoms with Crippen molar-refractivity contribution in [2.75, 3.05) is 11.9 Å². The molecule has 0 bridgehead atoms. The van der Waals surface area contributed by atoms with Crippen molar-refractivity contribution < 1.29 is 14.7 Å². The normalized spacial score (nSPS) is 14.4. The second-order valence-electron chi connectivity index (χ2n) is 5.08. The number of pyridine rings is 1. The molecular formula is C14H19N3O3. The number of carboxylic acid groups (broad SMARTS) is 1. The molecule has 0 atom stereocenters. The molecule has 0 radical (unpaired) electrons. The van der Waals surface area contributed by atoms with Gasteiger partial charge in [-0.3, -0.25) is 9.78 Å². The number of rotatable bonds is 6. The summed E-state index contributed by atoms with van der Waals surface area (Å²) >= 11 is 0. The summed E-state index contributed by atoms with van der Waals surface area (Å²) in [4.78, 5) is 26.1. The Labute approximate surface area is 117 Å². The minimum atomic E-state index is -0.924.